The first-order chi connectivity index (χ1) is 8.57. The third-order valence-electron chi connectivity index (χ3n) is 3.48. The third kappa shape index (κ3) is 3.57. The summed E-state index contributed by atoms with van der Waals surface area (Å²) in [6.45, 7) is 2.93. The van der Waals surface area contributed by atoms with Crippen LogP contribution >= 0.6 is 0 Å². The average Bonchev–Trinajstić information content (AvgIpc) is 2.94. The van der Waals surface area contributed by atoms with Gasteiger partial charge < -0.3 is 10.4 Å². The summed E-state index contributed by atoms with van der Waals surface area (Å²) in [5.74, 6) is -0.0246. The minimum atomic E-state index is -0.669. The lowest BCUT2D eigenvalue weighted by molar-refractivity contribution is -0.122. The van der Waals surface area contributed by atoms with Crippen LogP contribution in [-0.2, 0) is 11.3 Å². The summed E-state index contributed by atoms with van der Waals surface area (Å²) in [6.07, 6.45) is 7.79. The Hall–Kier alpha value is -1.36. The molecule has 0 saturated heterocycles. The molecule has 1 saturated carbocycles. The van der Waals surface area contributed by atoms with Crippen molar-refractivity contribution in [2.45, 2.75) is 51.2 Å². The summed E-state index contributed by atoms with van der Waals surface area (Å²) in [5, 5.41) is 17.0. The Morgan fingerprint density at radius 1 is 1.56 bits per heavy atom. The molecule has 1 aliphatic rings. The lowest BCUT2D eigenvalue weighted by Crippen LogP contribution is -2.40. The quantitative estimate of drug-likeness (QED) is 0.820. The molecule has 0 atom stereocenters. The molecule has 2 N–H and O–H groups in total. The van der Waals surface area contributed by atoms with Crippen LogP contribution in [0.15, 0.2) is 12.4 Å². The van der Waals surface area contributed by atoms with Crippen molar-refractivity contribution in [2.24, 2.45) is 0 Å². The highest BCUT2D eigenvalue weighted by molar-refractivity contribution is 5.75. The maximum Gasteiger partial charge on any atom is 0.221 e. The van der Waals surface area contributed by atoms with Crippen LogP contribution in [0.5, 0.6) is 0 Å². The van der Waals surface area contributed by atoms with E-state index in [-0.39, 0.29) is 5.91 Å². The van der Waals surface area contributed by atoms with Crippen molar-refractivity contribution < 1.29 is 9.90 Å². The molecule has 0 spiro atoms. The van der Waals surface area contributed by atoms with Gasteiger partial charge >= 0.3 is 0 Å². The molecule has 100 valence electrons. The smallest absolute Gasteiger partial charge is 0.221 e. The summed E-state index contributed by atoms with van der Waals surface area (Å²) in [6, 6.07) is 0. The van der Waals surface area contributed by atoms with Crippen LogP contribution in [0.4, 0.5) is 0 Å². The molecule has 1 aromatic rings. The Morgan fingerprint density at radius 2 is 2.28 bits per heavy atom. The Balaban J connectivity index is 1.69. The van der Waals surface area contributed by atoms with Crippen LogP contribution in [0.25, 0.3) is 0 Å². The highest BCUT2D eigenvalue weighted by Gasteiger charge is 2.31. The fourth-order valence-corrected chi connectivity index (χ4v) is 2.37. The summed E-state index contributed by atoms with van der Waals surface area (Å²) in [7, 11) is 0. The fraction of sp³-hybridized carbons (Fsp3) is 0.692. The van der Waals surface area contributed by atoms with Crippen molar-refractivity contribution in [1.29, 1.82) is 0 Å². The van der Waals surface area contributed by atoms with E-state index in [0.717, 1.165) is 31.2 Å². The van der Waals surface area contributed by atoms with Crippen molar-refractivity contribution in [2.75, 3.05) is 6.54 Å². The molecule has 1 fully saturated rings. The zero-order valence-electron chi connectivity index (χ0n) is 10.9. The Kier molecular flexibility index (Phi) is 4.01. The number of nitrogens with zero attached hydrogens (tertiary/aromatic N) is 2. The van der Waals surface area contributed by atoms with Gasteiger partial charge in [0.2, 0.25) is 5.91 Å². The molecule has 5 heteroatoms. The van der Waals surface area contributed by atoms with E-state index in [1.807, 2.05) is 13.1 Å². The first kappa shape index (κ1) is 13.1. The fourth-order valence-electron chi connectivity index (χ4n) is 2.37. The molecule has 0 unspecified atom stereocenters. The van der Waals surface area contributed by atoms with Gasteiger partial charge in [-0.1, -0.05) is 12.8 Å². The number of aliphatic hydroxyl groups is 1. The monoisotopic (exact) mass is 251 g/mol. The Labute approximate surface area is 107 Å². The van der Waals surface area contributed by atoms with Crippen LogP contribution < -0.4 is 5.32 Å². The van der Waals surface area contributed by atoms with E-state index in [1.165, 1.54) is 0 Å². The molecule has 0 bridgehead atoms. The van der Waals surface area contributed by atoms with Gasteiger partial charge in [0.25, 0.3) is 0 Å². The summed E-state index contributed by atoms with van der Waals surface area (Å²) >= 11 is 0. The van der Waals surface area contributed by atoms with Gasteiger partial charge in [0, 0.05) is 25.7 Å². The van der Waals surface area contributed by atoms with E-state index in [0.29, 0.717) is 19.5 Å². The lowest BCUT2D eigenvalue weighted by atomic mass is 10.0. The van der Waals surface area contributed by atoms with E-state index in [2.05, 4.69) is 10.4 Å². The van der Waals surface area contributed by atoms with Gasteiger partial charge in [0.1, 0.15) is 0 Å². The number of nitrogens with one attached hydrogen (secondary N) is 1. The molecular formula is C13H21N3O2. The summed E-state index contributed by atoms with van der Waals surface area (Å²) in [4.78, 5) is 11.7. The summed E-state index contributed by atoms with van der Waals surface area (Å²) < 4.78 is 1.76. The maximum absolute atomic E-state index is 11.7. The molecule has 1 heterocycles. The van der Waals surface area contributed by atoms with Crippen molar-refractivity contribution >= 4 is 5.91 Å². The molecule has 5 nitrogen and oxygen atoms in total. The molecule has 1 aromatic heterocycles. The van der Waals surface area contributed by atoms with Gasteiger partial charge in [-0.2, -0.15) is 5.10 Å². The summed E-state index contributed by atoms with van der Waals surface area (Å²) in [5.41, 5.74) is 0.425. The number of carbonyl (C=O) groups excluding carboxylic acids is 1. The van der Waals surface area contributed by atoms with E-state index in [9.17, 15) is 9.90 Å². The lowest BCUT2D eigenvalue weighted by Gasteiger charge is -2.22. The van der Waals surface area contributed by atoms with E-state index >= 15 is 0 Å². The zero-order chi connectivity index (χ0) is 13.0. The zero-order valence-corrected chi connectivity index (χ0v) is 10.9. The van der Waals surface area contributed by atoms with Crippen LogP contribution in [0.3, 0.4) is 0 Å². The van der Waals surface area contributed by atoms with Crippen molar-refractivity contribution in [3.8, 4) is 0 Å². The predicted molar refractivity (Wildman–Crippen MR) is 68.0 cm³/mol. The average molecular weight is 251 g/mol. The van der Waals surface area contributed by atoms with E-state index in [1.54, 1.807) is 10.9 Å². The number of aryl methyl sites for hydroxylation is 2. The topological polar surface area (TPSA) is 67.2 Å². The highest BCUT2D eigenvalue weighted by Crippen LogP contribution is 2.28. The number of hydrogen-bond donors (Lipinski definition) is 2. The van der Waals surface area contributed by atoms with Gasteiger partial charge in [-0.05, 0) is 25.3 Å². The van der Waals surface area contributed by atoms with Gasteiger partial charge in [0.05, 0.1) is 11.8 Å². The minimum absolute atomic E-state index is 0.0246. The second kappa shape index (κ2) is 5.52. The number of amides is 1. The van der Waals surface area contributed by atoms with E-state index < -0.39 is 5.60 Å². The SMILES string of the molecule is Cc1cnn(CCC(=O)NCC2(O)CCCC2)c1. The molecule has 0 aromatic carbocycles. The number of rotatable bonds is 5. The molecule has 1 aliphatic carbocycles. The maximum atomic E-state index is 11.7. The number of carbonyl (C=O) groups is 1. The van der Waals surface area contributed by atoms with Crippen LogP contribution in [-0.4, -0.2) is 32.9 Å². The van der Waals surface area contributed by atoms with Crippen molar-refractivity contribution in [1.82, 2.24) is 15.1 Å². The number of hydrogen-bond acceptors (Lipinski definition) is 3. The minimum Gasteiger partial charge on any atom is -0.388 e. The molecule has 2 rings (SSSR count). The predicted octanol–water partition coefficient (Wildman–Crippen LogP) is 1.00. The van der Waals surface area contributed by atoms with Gasteiger partial charge in [0.15, 0.2) is 0 Å². The molecular weight excluding hydrogens is 230 g/mol. The van der Waals surface area contributed by atoms with Crippen LogP contribution in [0, 0.1) is 6.92 Å². The largest absolute Gasteiger partial charge is 0.388 e. The highest BCUT2D eigenvalue weighted by atomic mass is 16.3. The first-order valence-corrected chi connectivity index (χ1v) is 6.56. The van der Waals surface area contributed by atoms with Crippen molar-refractivity contribution in [3.63, 3.8) is 0 Å². The third-order valence-corrected chi connectivity index (χ3v) is 3.48. The number of aromatic nitrogens is 2. The second-order valence-corrected chi connectivity index (χ2v) is 5.24. The second-order valence-electron chi connectivity index (χ2n) is 5.24. The Bertz CT molecular complexity index is 408. The van der Waals surface area contributed by atoms with Gasteiger partial charge in [-0.15, -0.1) is 0 Å². The standard InChI is InChI=1S/C13H21N3O2/c1-11-8-15-16(9-11)7-4-12(17)14-10-13(18)5-2-3-6-13/h8-9,18H,2-7,10H2,1H3,(H,14,17). The Morgan fingerprint density at radius 3 is 2.89 bits per heavy atom. The van der Waals surface area contributed by atoms with Crippen LogP contribution in [0.2, 0.25) is 0 Å². The van der Waals surface area contributed by atoms with E-state index in [4.69, 9.17) is 0 Å². The molecule has 18 heavy (non-hydrogen) atoms. The molecule has 0 aliphatic heterocycles. The van der Waals surface area contributed by atoms with Gasteiger partial charge in [-0.3, -0.25) is 9.48 Å². The molecule has 0 radical (unpaired) electrons. The van der Waals surface area contributed by atoms with Gasteiger partial charge in [-0.25, -0.2) is 0 Å². The van der Waals surface area contributed by atoms with Crippen molar-refractivity contribution in [3.05, 3.63) is 18.0 Å². The van der Waals surface area contributed by atoms with Crippen LogP contribution in [0.1, 0.15) is 37.7 Å². The first-order valence-electron chi connectivity index (χ1n) is 6.56. The molecule has 1 amide bonds. The normalized spacial score (nSPS) is 17.9.